The molecule has 7 nitrogen and oxygen atoms in total. The third-order valence-electron chi connectivity index (χ3n) is 0.146. The van der Waals surface area contributed by atoms with Crippen LogP contribution in [0.25, 0.3) is 5.53 Å². The van der Waals surface area contributed by atoms with E-state index in [1.54, 1.807) is 5.53 Å². The molecule has 0 aliphatic carbocycles. The van der Waals surface area contributed by atoms with Crippen LogP contribution in [0.2, 0.25) is 0 Å². The van der Waals surface area contributed by atoms with Crippen molar-refractivity contribution in [1.29, 1.82) is 0 Å². The Balaban J connectivity index is 0. The fourth-order valence-electron chi connectivity index (χ4n) is 0.0596. The first-order valence-corrected chi connectivity index (χ1v) is 1.13. The molecule has 8 heteroatoms. The summed E-state index contributed by atoms with van der Waals surface area (Å²) in [5.74, 6) is 0. The van der Waals surface area contributed by atoms with Gasteiger partial charge in [-0.25, -0.2) is 0 Å². The molecule has 0 radical (unpaired) electrons. The van der Waals surface area contributed by atoms with E-state index in [-0.39, 0.29) is 18.9 Å². The number of nitrogens with zero attached hydrogens (tertiary/aromatic N) is 3. The molecule has 0 saturated heterocycles. The first-order valence-electron chi connectivity index (χ1n) is 1.13. The fraction of sp³-hybridized carbons (Fsp3) is 0. The van der Waals surface area contributed by atoms with Gasteiger partial charge in [-0.05, 0) is 5.53 Å². The summed E-state index contributed by atoms with van der Waals surface area (Å²) in [5.41, 5.74) is 1.72. The summed E-state index contributed by atoms with van der Waals surface area (Å²) in [6.07, 6.45) is 0. The molecule has 0 unspecified atom stereocenters. The molecule has 0 aliphatic heterocycles. The van der Waals surface area contributed by atoms with Crippen LogP contribution in [0.1, 0.15) is 0 Å². The molecular formula is LiN3O4. The molecule has 0 amide bonds. The Labute approximate surface area is 55.5 Å². The zero-order valence-electron chi connectivity index (χ0n) is 3.97. The summed E-state index contributed by atoms with van der Waals surface area (Å²) in [6.45, 7) is 0. The average molecular weight is 113 g/mol. The van der Waals surface area contributed by atoms with Crippen molar-refractivity contribution in [3.63, 3.8) is 0 Å². The van der Waals surface area contributed by atoms with Crippen LogP contribution in [-0.2, 0) is 0 Å². The van der Waals surface area contributed by atoms with E-state index >= 15 is 0 Å². The van der Waals surface area contributed by atoms with Crippen LogP contribution in [0, 0.1) is 20.2 Å². The maximum absolute atomic E-state index is 9.01. The average Bonchev–Trinajstić information content (AvgIpc) is 1.27. The van der Waals surface area contributed by atoms with Gasteiger partial charge in [-0.3, -0.25) is 20.2 Å². The van der Waals surface area contributed by atoms with Gasteiger partial charge in [0.15, 0.2) is 0 Å². The molecule has 0 spiro atoms. The Bertz CT molecular complexity index is 87.5. The smallest absolute Gasteiger partial charge is 0.264 e. The van der Waals surface area contributed by atoms with Crippen molar-refractivity contribution in [2.45, 2.75) is 0 Å². The van der Waals surface area contributed by atoms with Gasteiger partial charge in [0.05, 0.1) is 0 Å². The number of hydrogen-bond donors (Lipinski definition) is 0. The van der Waals surface area contributed by atoms with Gasteiger partial charge in [0.2, 0.25) is 0 Å². The van der Waals surface area contributed by atoms with Crippen LogP contribution >= 0.6 is 0 Å². The van der Waals surface area contributed by atoms with Crippen molar-refractivity contribution >= 4 is 0 Å². The van der Waals surface area contributed by atoms with Crippen molar-refractivity contribution in [2.24, 2.45) is 0 Å². The molecule has 0 rings (SSSR count). The van der Waals surface area contributed by atoms with Gasteiger partial charge in [-0.2, -0.15) is 0 Å². The summed E-state index contributed by atoms with van der Waals surface area (Å²) in [6, 6.07) is 0. The Morgan fingerprint density at radius 2 is 1.38 bits per heavy atom. The van der Waals surface area contributed by atoms with Gasteiger partial charge in [0.25, 0.3) is 0 Å². The molecular weight excluding hydrogens is 113 g/mol. The minimum Gasteiger partial charge on any atom is -0.264 e. The van der Waals surface area contributed by atoms with Crippen LogP contribution in [0.15, 0.2) is 0 Å². The summed E-state index contributed by atoms with van der Waals surface area (Å²) in [5, 5.41) is 15.3. The first kappa shape index (κ1) is 10.2. The second-order valence-electron chi connectivity index (χ2n) is 0.565. The SMILES string of the molecule is O=[N+]([O-])[N-][N+](=O)[O-].[Li+]. The maximum Gasteiger partial charge on any atom is 1.00 e. The van der Waals surface area contributed by atoms with Gasteiger partial charge in [0, 0.05) is 10.1 Å². The summed E-state index contributed by atoms with van der Waals surface area (Å²) >= 11 is 0. The number of rotatable bonds is 2. The van der Waals surface area contributed by atoms with E-state index in [0.717, 1.165) is 0 Å². The Kier molecular flexibility index (Phi) is 5.58. The minimum absolute atomic E-state index is 0. The Morgan fingerprint density at radius 1 is 1.12 bits per heavy atom. The van der Waals surface area contributed by atoms with E-state index in [4.69, 9.17) is 20.2 Å². The zero-order chi connectivity index (χ0) is 5.86. The fourth-order valence-corrected chi connectivity index (χ4v) is 0.0596. The summed E-state index contributed by atoms with van der Waals surface area (Å²) in [4.78, 5) is 18.0. The normalized spacial score (nSPS) is 6.50. The van der Waals surface area contributed by atoms with Gasteiger partial charge in [-0.15, -0.1) is 0 Å². The number of nitro groups is 2. The molecule has 8 heavy (non-hydrogen) atoms. The topological polar surface area (TPSA) is 100 Å². The van der Waals surface area contributed by atoms with Crippen LogP contribution in [0.4, 0.5) is 0 Å². The third kappa shape index (κ3) is 8.96. The van der Waals surface area contributed by atoms with E-state index in [1.165, 1.54) is 0 Å². The largest absolute Gasteiger partial charge is 1.00 e. The maximum atomic E-state index is 9.01. The second-order valence-corrected chi connectivity index (χ2v) is 0.565. The van der Waals surface area contributed by atoms with Crippen molar-refractivity contribution in [1.82, 2.24) is 0 Å². The molecule has 0 aromatic heterocycles. The molecule has 0 heterocycles. The van der Waals surface area contributed by atoms with Gasteiger partial charge in [0.1, 0.15) is 0 Å². The first-order chi connectivity index (χ1) is 3.13. The molecule has 0 saturated carbocycles. The number of hydrogen-bond acceptors (Lipinski definition) is 4. The molecule has 0 bridgehead atoms. The van der Waals surface area contributed by atoms with Gasteiger partial charge < -0.3 is 0 Å². The van der Waals surface area contributed by atoms with Gasteiger partial charge in [-0.1, -0.05) is 0 Å². The Hall–Kier alpha value is -0.803. The van der Waals surface area contributed by atoms with Gasteiger partial charge >= 0.3 is 18.9 Å². The third-order valence-corrected chi connectivity index (χ3v) is 0.146. The quantitative estimate of drug-likeness (QED) is 0.213. The van der Waals surface area contributed by atoms with Crippen molar-refractivity contribution in [3.05, 3.63) is 25.8 Å². The van der Waals surface area contributed by atoms with Crippen molar-refractivity contribution < 1.29 is 28.9 Å². The molecule has 0 atom stereocenters. The predicted octanol–water partition coefficient (Wildman–Crippen LogP) is -3.25. The van der Waals surface area contributed by atoms with E-state index in [0.29, 0.717) is 0 Å². The molecule has 0 aromatic carbocycles. The van der Waals surface area contributed by atoms with E-state index in [2.05, 4.69) is 0 Å². The van der Waals surface area contributed by atoms with Crippen LogP contribution < -0.4 is 18.9 Å². The van der Waals surface area contributed by atoms with Crippen molar-refractivity contribution in [2.75, 3.05) is 0 Å². The molecule has 40 valence electrons. The van der Waals surface area contributed by atoms with Crippen LogP contribution in [0.3, 0.4) is 0 Å². The van der Waals surface area contributed by atoms with E-state index in [1.807, 2.05) is 0 Å². The van der Waals surface area contributed by atoms with Crippen LogP contribution in [-0.4, -0.2) is 10.1 Å². The van der Waals surface area contributed by atoms with E-state index in [9.17, 15) is 0 Å². The Morgan fingerprint density at radius 3 is 1.38 bits per heavy atom. The standard InChI is InChI=1S/Li.N3O4/c;4-2(5)1-3(6)7/q+1;-1. The molecule has 0 N–H and O–H groups in total. The molecule has 0 aromatic rings. The second kappa shape index (κ2) is 4.36. The van der Waals surface area contributed by atoms with Crippen LogP contribution in [0.5, 0.6) is 0 Å². The minimum atomic E-state index is -1.38. The zero-order valence-corrected chi connectivity index (χ0v) is 3.97. The monoisotopic (exact) mass is 113 g/mol. The van der Waals surface area contributed by atoms with E-state index < -0.39 is 10.1 Å². The summed E-state index contributed by atoms with van der Waals surface area (Å²) in [7, 11) is 0. The molecule has 0 aliphatic rings. The molecule has 0 fully saturated rings. The predicted molar refractivity (Wildman–Crippen MR) is 17.3 cm³/mol. The summed E-state index contributed by atoms with van der Waals surface area (Å²) < 4.78 is 0. The van der Waals surface area contributed by atoms with Crippen molar-refractivity contribution in [3.8, 4) is 0 Å².